The van der Waals surface area contributed by atoms with E-state index in [9.17, 15) is 13.5 Å². The summed E-state index contributed by atoms with van der Waals surface area (Å²) in [5.41, 5.74) is 0. The third-order valence-electron chi connectivity index (χ3n) is 3.11. The smallest absolute Gasteiger partial charge is 0.155 e. The SMILES string of the molecule is O=S1(=O)CCCCC1C(O)C1CC1. The number of sulfone groups is 1. The lowest BCUT2D eigenvalue weighted by Crippen LogP contribution is -2.39. The molecule has 2 atom stereocenters. The van der Waals surface area contributed by atoms with E-state index in [4.69, 9.17) is 0 Å². The summed E-state index contributed by atoms with van der Waals surface area (Å²) in [5, 5.41) is 9.32. The fourth-order valence-electron chi connectivity index (χ4n) is 2.10. The van der Waals surface area contributed by atoms with Gasteiger partial charge in [0.2, 0.25) is 0 Å². The standard InChI is InChI=1S/C9H16O3S/c10-9(7-4-5-7)8-3-1-2-6-13(8,11)12/h7-10H,1-6H2. The zero-order valence-corrected chi connectivity index (χ0v) is 8.46. The van der Waals surface area contributed by atoms with E-state index in [0.29, 0.717) is 6.42 Å². The monoisotopic (exact) mass is 204 g/mol. The minimum absolute atomic E-state index is 0.276. The van der Waals surface area contributed by atoms with Crippen LogP contribution in [0.5, 0.6) is 0 Å². The van der Waals surface area contributed by atoms with Crippen molar-refractivity contribution in [3.8, 4) is 0 Å². The highest BCUT2D eigenvalue weighted by atomic mass is 32.2. The molecule has 1 heterocycles. The topological polar surface area (TPSA) is 54.4 Å². The Balaban J connectivity index is 2.10. The number of aliphatic hydroxyl groups excluding tert-OH is 1. The van der Waals surface area contributed by atoms with Gasteiger partial charge in [-0.3, -0.25) is 0 Å². The van der Waals surface area contributed by atoms with Crippen LogP contribution in [0.1, 0.15) is 32.1 Å². The second kappa shape index (κ2) is 3.24. The molecule has 2 fully saturated rings. The molecule has 2 unspecified atom stereocenters. The van der Waals surface area contributed by atoms with Gasteiger partial charge in [-0.1, -0.05) is 6.42 Å². The summed E-state index contributed by atoms with van der Waals surface area (Å²) in [6.07, 6.45) is 3.83. The fraction of sp³-hybridized carbons (Fsp3) is 1.00. The zero-order chi connectivity index (χ0) is 9.47. The Bertz CT molecular complexity index is 279. The first-order valence-corrected chi connectivity index (χ1v) is 6.72. The Morgan fingerprint density at radius 3 is 2.38 bits per heavy atom. The molecule has 76 valence electrons. The lowest BCUT2D eigenvalue weighted by Gasteiger charge is -2.26. The average molecular weight is 204 g/mol. The van der Waals surface area contributed by atoms with Crippen molar-refractivity contribution in [2.75, 3.05) is 5.75 Å². The molecule has 13 heavy (non-hydrogen) atoms. The molecule has 1 N–H and O–H groups in total. The van der Waals surface area contributed by atoms with Crippen molar-refractivity contribution in [2.24, 2.45) is 5.92 Å². The first kappa shape index (κ1) is 9.46. The van der Waals surface area contributed by atoms with Crippen LogP contribution in [0.25, 0.3) is 0 Å². The molecular formula is C9H16O3S. The Hall–Kier alpha value is -0.0900. The van der Waals surface area contributed by atoms with Gasteiger partial charge in [0, 0.05) is 0 Å². The summed E-state index contributed by atoms with van der Waals surface area (Å²) < 4.78 is 23.2. The maximum absolute atomic E-state index is 11.6. The number of aliphatic hydroxyl groups is 1. The largest absolute Gasteiger partial charge is 0.391 e. The van der Waals surface area contributed by atoms with Crippen LogP contribution in [0, 0.1) is 5.92 Å². The van der Waals surface area contributed by atoms with Crippen LogP contribution in [0.4, 0.5) is 0 Å². The van der Waals surface area contributed by atoms with E-state index in [1.165, 1.54) is 0 Å². The Labute approximate surface area is 79.1 Å². The molecule has 0 aromatic heterocycles. The zero-order valence-electron chi connectivity index (χ0n) is 7.65. The highest BCUT2D eigenvalue weighted by molar-refractivity contribution is 7.92. The molecule has 4 heteroatoms. The lowest BCUT2D eigenvalue weighted by molar-refractivity contribution is 0.139. The molecule has 2 aliphatic rings. The molecule has 0 spiro atoms. The van der Waals surface area contributed by atoms with Crippen molar-refractivity contribution in [1.29, 1.82) is 0 Å². The van der Waals surface area contributed by atoms with Crippen molar-refractivity contribution in [2.45, 2.75) is 43.5 Å². The van der Waals surface area contributed by atoms with E-state index in [1.54, 1.807) is 0 Å². The molecule has 3 nitrogen and oxygen atoms in total. The van der Waals surface area contributed by atoms with Gasteiger partial charge in [0.25, 0.3) is 0 Å². The normalized spacial score (nSPS) is 35.6. The molecule has 0 aromatic carbocycles. The summed E-state index contributed by atoms with van der Waals surface area (Å²) in [4.78, 5) is 0. The lowest BCUT2D eigenvalue weighted by atomic mass is 10.1. The molecule has 1 aliphatic heterocycles. The summed E-state index contributed by atoms with van der Waals surface area (Å²) in [7, 11) is -2.98. The summed E-state index contributed by atoms with van der Waals surface area (Å²) in [6, 6.07) is 0. The molecule has 2 rings (SSSR count). The van der Waals surface area contributed by atoms with Gasteiger partial charge in [-0.05, 0) is 31.6 Å². The maximum Gasteiger partial charge on any atom is 0.155 e. The first-order valence-electron chi connectivity index (χ1n) is 5.01. The van der Waals surface area contributed by atoms with Crippen molar-refractivity contribution < 1.29 is 13.5 Å². The Kier molecular flexibility index (Phi) is 2.36. The summed E-state index contributed by atoms with van der Waals surface area (Å²) in [5.74, 6) is 0.555. The predicted octanol–water partition coefficient (Wildman–Crippen LogP) is 0.725. The average Bonchev–Trinajstić information content (AvgIpc) is 2.84. The van der Waals surface area contributed by atoms with Crippen LogP contribution in [-0.2, 0) is 9.84 Å². The minimum atomic E-state index is -2.98. The van der Waals surface area contributed by atoms with Gasteiger partial charge in [0.1, 0.15) is 0 Å². The van der Waals surface area contributed by atoms with E-state index in [2.05, 4.69) is 0 Å². The molecule has 0 amide bonds. The van der Waals surface area contributed by atoms with Gasteiger partial charge in [-0.15, -0.1) is 0 Å². The second-order valence-electron chi connectivity index (χ2n) is 4.23. The molecule has 1 saturated carbocycles. The van der Waals surface area contributed by atoms with Crippen molar-refractivity contribution in [1.82, 2.24) is 0 Å². The van der Waals surface area contributed by atoms with E-state index in [0.717, 1.165) is 25.7 Å². The molecule has 1 saturated heterocycles. The quantitative estimate of drug-likeness (QED) is 0.721. The van der Waals surface area contributed by atoms with Crippen LogP contribution in [0.15, 0.2) is 0 Å². The second-order valence-corrected chi connectivity index (χ2v) is 6.57. The van der Waals surface area contributed by atoms with Crippen molar-refractivity contribution >= 4 is 9.84 Å². The molecule has 0 aromatic rings. The Morgan fingerprint density at radius 1 is 1.15 bits per heavy atom. The van der Waals surface area contributed by atoms with E-state index < -0.39 is 21.2 Å². The van der Waals surface area contributed by atoms with Gasteiger partial charge >= 0.3 is 0 Å². The van der Waals surface area contributed by atoms with E-state index >= 15 is 0 Å². The molecular weight excluding hydrogens is 188 g/mol. The molecule has 1 aliphatic carbocycles. The van der Waals surface area contributed by atoms with Crippen LogP contribution < -0.4 is 0 Å². The maximum atomic E-state index is 11.6. The van der Waals surface area contributed by atoms with E-state index in [-0.39, 0.29) is 11.7 Å². The van der Waals surface area contributed by atoms with Crippen LogP contribution in [-0.4, -0.2) is 30.6 Å². The van der Waals surface area contributed by atoms with E-state index in [1.807, 2.05) is 0 Å². The van der Waals surface area contributed by atoms with Crippen molar-refractivity contribution in [3.63, 3.8) is 0 Å². The predicted molar refractivity (Wildman–Crippen MR) is 50.2 cm³/mol. The third kappa shape index (κ3) is 1.89. The minimum Gasteiger partial charge on any atom is -0.391 e. The third-order valence-corrected chi connectivity index (χ3v) is 5.41. The van der Waals surface area contributed by atoms with Gasteiger partial charge < -0.3 is 5.11 Å². The van der Waals surface area contributed by atoms with Crippen LogP contribution in [0.3, 0.4) is 0 Å². The number of rotatable bonds is 2. The van der Waals surface area contributed by atoms with Crippen molar-refractivity contribution in [3.05, 3.63) is 0 Å². The number of hydrogen-bond donors (Lipinski definition) is 1. The van der Waals surface area contributed by atoms with Gasteiger partial charge in [0.15, 0.2) is 9.84 Å². The Morgan fingerprint density at radius 2 is 1.85 bits per heavy atom. The highest BCUT2D eigenvalue weighted by Crippen LogP contribution is 2.38. The highest BCUT2D eigenvalue weighted by Gasteiger charge is 2.42. The van der Waals surface area contributed by atoms with Crippen LogP contribution >= 0.6 is 0 Å². The van der Waals surface area contributed by atoms with Gasteiger partial charge in [-0.2, -0.15) is 0 Å². The molecule has 0 bridgehead atoms. The molecule has 0 radical (unpaired) electrons. The summed E-state index contributed by atoms with van der Waals surface area (Å²) >= 11 is 0. The number of hydrogen-bond acceptors (Lipinski definition) is 3. The fourth-order valence-corrected chi connectivity index (χ4v) is 4.19. The first-order chi connectivity index (χ1) is 6.11. The van der Waals surface area contributed by atoms with Crippen LogP contribution in [0.2, 0.25) is 0 Å². The van der Waals surface area contributed by atoms with Gasteiger partial charge in [-0.25, -0.2) is 8.42 Å². The summed E-state index contributed by atoms with van der Waals surface area (Å²) in [6.45, 7) is 0. The van der Waals surface area contributed by atoms with Gasteiger partial charge in [0.05, 0.1) is 17.1 Å².